The quantitative estimate of drug-likeness (QED) is 0.520. The second-order valence-electron chi connectivity index (χ2n) is 5.02. The molecule has 0 fully saturated rings. The van der Waals surface area contributed by atoms with Crippen molar-refractivity contribution in [1.82, 2.24) is 24.7 Å². The maximum Gasteiger partial charge on any atom is 0.234 e. The van der Waals surface area contributed by atoms with Crippen LogP contribution in [0.2, 0.25) is 0 Å². The SMILES string of the molecule is C=CCn1c(SCC(=O)Nc2cccnc2)nnc1-c1ccncc1. The van der Waals surface area contributed by atoms with Gasteiger partial charge in [-0.05, 0) is 24.3 Å². The minimum Gasteiger partial charge on any atom is -0.324 e. The van der Waals surface area contributed by atoms with Gasteiger partial charge < -0.3 is 5.32 Å². The maximum atomic E-state index is 12.1. The molecule has 0 aliphatic rings. The van der Waals surface area contributed by atoms with Crippen LogP contribution in [0.25, 0.3) is 11.4 Å². The molecular weight excluding hydrogens is 336 g/mol. The summed E-state index contributed by atoms with van der Waals surface area (Å²) >= 11 is 1.32. The predicted molar refractivity (Wildman–Crippen MR) is 97.0 cm³/mol. The molecule has 0 radical (unpaired) electrons. The summed E-state index contributed by atoms with van der Waals surface area (Å²) in [5.74, 6) is 0.814. The highest BCUT2D eigenvalue weighted by molar-refractivity contribution is 7.99. The Morgan fingerprint density at radius 3 is 2.76 bits per heavy atom. The Labute approximate surface area is 149 Å². The highest BCUT2D eigenvalue weighted by atomic mass is 32.2. The zero-order valence-corrected chi connectivity index (χ0v) is 14.2. The van der Waals surface area contributed by atoms with Gasteiger partial charge in [0, 0.05) is 30.7 Å². The minimum atomic E-state index is -0.128. The van der Waals surface area contributed by atoms with Gasteiger partial charge in [0.15, 0.2) is 11.0 Å². The van der Waals surface area contributed by atoms with Crippen molar-refractivity contribution in [3.63, 3.8) is 0 Å². The first kappa shape index (κ1) is 16.8. The van der Waals surface area contributed by atoms with Crippen LogP contribution in [0, 0.1) is 0 Å². The molecule has 0 spiro atoms. The van der Waals surface area contributed by atoms with Crippen molar-refractivity contribution < 1.29 is 4.79 Å². The molecule has 0 saturated carbocycles. The number of nitrogens with zero attached hydrogens (tertiary/aromatic N) is 5. The minimum absolute atomic E-state index is 0.128. The van der Waals surface area contributed by atoms with Crippen molar-refractivity contribution in [3.8, 4) is 11.4 Å². The molecule has 3 aromatic rings. The smallest absolute Gasteiger partial charge is 0.234 e. The van der Waals surface area contributed by atoms with Crippen LogP contribution in [0.1, 0.15) is 0 Å². The van der Waals surface area contributed by atoms with Gasteiger partial charge in [0.2, 0.25) is 5.91 Å². The Bertz CT molecular complexity index is 850. The first-order valence-electron chi connectivity index (χ1n) is 7.55. The fourth-order valence-corrected chi connectivity index (χ4v) is 2.92. The van der Waals surface area contributed by atoms with Gasteiger partial charge in [0.25, 0.3) is 0 Å². The van der Waals surface area contributed by atoms with Crippen LogP contribution in [0.5, 0.6) is 0 Å². The van der Waals surface area contributed by atoms with E-state index in [1.807, 2.05) is 16.7 Å². The number of hydrogen-bond acceptors (Lipinski definition) is 6. The number of rotatable bonds is 7. The van der Waals surface area contributed by atoms with Crippen molar-refractivity contribution in [2.45, 2.75) is 11.7 Å². The molecule has 0 atom stereocenters. The largest absolute Gasteiger partial charge is 0.324 e. The first-order valence-corrected chi connectivity index (χ1v) is 8.53. The summed E-state index contributed by atoms with van der Waals surface area (Å²) in [5.41, 5.74) is 1.58. The number of carbonyl (C=O) groups is 1. The third-order valence-corrected chi connectivity index (χ3v) is 4.21. The second kappa shape index (κ2) is 8.20. The molecule has 0 saturated heterocycles. The van der Waals surface area contributed by atoms with Crippen molar-refractivity contribution >= 4 is 23.4 Å². The Hall–Kier alpha value is -3.00. The molecule has 126 valence electrons. The summed E-state index contributed by atoms with van der Waals surface area (Å²) in [7, 11) is 0. The number of amides is 1. The number of anilines is 1. The van der Waals surface area contributed by atoms with E-state index in [2.05, 4.69) is 32.1 Å². The van der Waals surface area contributed by atoms with E-state index in [-0.39, 0.29) is 11.7 Å². The zero-order chi connectivity index (χ0) is 17.5. The Morgan fingerprint density at radius 2 is 2.04 bits per heavy atom. The van der Waals surface area contributed by atoms with E-state index in [1.54, 1.807) is 43.0 Å². The van der Waals surface area contributed by atoms with E-state index in [0.29, 0.717) is 17.4 Å². The van der Waals surface area contributed by atoms with E-state index in [4.69, 9.17) is 0 Å². The number of allylic oxidation sites excluding steroid dienone is 1. The molecule has 8 heteroatoms. The molecule has 3 aromatic heterocycles. The maximum absolute atomic E-state index is 12.1. The van der Waals surface area contributed by atoms with Crippen molar-refractivity contribution in [2.75, 3.05) is 11.1 Å². The summed E-state index contributed by atoms with van der Waals surface area (Å²) in [6, 6.07) is 7.29. The van der Waals surface area contributed by atoms with Crippen LogP contribution in [0.15, 0.2) is 66.9 Å². The van der Waals surface area contributed by atoms with Crippen LogP contribution in [-0.4, -0.2) is 36.4 Å². The fourth-order valence-electron chi connectivity index (χ4n) is 2.17. The number of aromatic nitrogens is 5. The van der Waals surface area contributed by atoms with Gasteiger partial charge in [0.1, 0.15) is 0 Å². The van der Waals surface area contributed by atoms with E-state index in [0.717, 1.165) is 11.4 Å². The van der Waals surface area contributed by atoms with Crippen molar-refractivity contribution in [1.29, 1.82) is 0 Å². The normalized spacial score (nSPS) is 10.4. The number of hydrogen-bond donors (Lipinski definition) is 1. The van der Waals surface area contributed by atoms with Gasteiger partial charge in [-0.15, -0.1) is 16.8 Å². The highest BCUT2D eigenvalue weighted by Crippen LogP contribution is 2.23. The van der Waals surface area contributed by atoms with Crippen LogP contribution >= 0.6 is 11.8 Å². The lowest BCUT2D eigenvalue weighted by molar-refractivity contribution is -0.113. The predicted octanol–water partition coefficient (Wildman–Crippen LogP) is 2.65. The van der Waals surface area contributed by atoms with Crippen molar-refractivity contribution in [2.24, 2.45) is 0 Å². The zero-order valence-electron chi connectivity index (χ0n) is 13.4. The summed E-state index contributed by atoms with van der Waals surface area (Å²) in [6.45, 7) is 4.33. The van der Waals surface area contributed by atoms with Gasteiger partial charge in [-0.3, -0.25) is 19.3 Å². The van der Waals surface area contributed by atoms with Gasteiger partial charge >= 0.3 is 0 Å². The lowest BCUT2D eigenvalue weighted by Crippen LogP contribution is -2.14. The number of nitrogens with one attached hydrogen (secondary N) is 1. The summed E-state index contributed by atoms with van der Waals surface area (Å²) in [6.07, 6.45) is 8.44. The molecule has 1 amide bonds. The molecule has 3 rings (SSSR count). The lowest BCUT2D eigenvalue weighted by atomic mass is 10.2. The van der Waals surface area contributed by atoms with Gasteiger partial charge in [-0.1, -0.05) is 17.8 Å². The molecular formula is C17H16N6OS. The summed E-state index contributed by atoms with van der Waals surface area (Å²) in [5, 5.41) is 11.9. The third-order valence-electron chi connectivity index (χ3n) is 3.24. The Balaban J connectivity index is 1.71. The standard InChI is InChI=1S/C17H16N6OS/c1-2-10-23-16(13-5-8-18-9-6-13)21-22-17(23)25-12-15(24)20-14-4-3-7-19-11-14/h2-9,11H,1,10,12H2,(H,20,24). The number of thioether (sulfide) groups is 1. The first-order chi connectivity index (χ1) is 12.3. The van der Waals surface area contributed by atoms with E-state index >= 15 is 0 Å². The number of carbonyl (C=O) groups excluding carboxylic acids is 1. The van der Waals surface area contributed by atoms with Crippen molar-refractivity contribution in [3.05, 3.63) is 61.7 Å². The third kappa shape index (κ3) is 4.30. The molecule has 3 heterocycles. The van der Waals surface area contributed by atoms with Gasteiger partial charge in [0.05, 0.1) is 17.6 Å². The van der Waals surface area contributed by atoms with Crippen LogP contribution < -0.4 is 5.32 Å². The van der Waals surface area contributed by atoms with Gasteiger partial charge in [-0.2, -0.15) is 0 Å². The molecule has 0 unspecified atom stereocenters. The van der Waals surface area contributed by atoms with E-state index in [1.165, 1.54) is 11.8 Å². The average molecular weight is 352 g/mol. The monoisotopic (exact) mass is 352 g/mol. The molecule has 0 aliphatic heterocycles. The molecule has 1 N–H and O–H groups in total. The molecule has 25 heavy (non-hydrogen) atoms. The Morgan fingerprint density at radius 1 is 1.20 bits per heavy atom. The van der Waals surface area contributed by atoms with Crippen LogP contribution in [0.3, 0.4) is 0 Å². The summed E-state index contributed by atoms with van der Waals surface area (Å²) in [4.78, 5) is 20.1. The summed E-state index contributed by atoms with van der Waals surface area (Å²) < 4.78 is 1.92. The van der Waals surface area contributed by atoms with Gasteiger partial charge in [-0.25, -0.2) is 0 Å². The molecule has 7 nitrogen and oxygen atoms in total. The number of pyridine rings is 2. The van der Waals surface area contributed by atoms with E-state index < -0.39 is 0 Å². The van der Waals surface area contributed by atoms with Crippen LogP contribution in [-0.2, 0) is 11.3 Å². The fraction of sp³-hybridized carbons (Fsp3) is 0.118. The highest BCUT2D eigenvalue weighted by Gasteiger charge is 2.14. The van der Waals surface area contributed by atoms with E-state index in [9.17, 15) is 4.79 Å². The lowest BCUT2D eigenvalue weighted by Gasteiger charge is -2.08. The molecule has 0 aliphatic carbocycles. The average Bonchev–Trinajstić information content (AvgIpc) is 3.05. The molecule has 0 bridgehead atoms. The van der Waals surface area contributed by atoms with Crippen LogP contribution in [0.4, 0.5) is 5.69 Å². The topological polar surface area (TPSA) is 85.6 Å². The molecule has 0 aromatic carbocycles. The Kier molecular flexibility index (Phi) is 5.53. The second-order valence-corrected chi connectivity index (χ2v) is 5.96.